The van der Waals surface area contributed by atoms with Crippen LogP contribution in [-0.4, -0.2) is 28.4 Å². The van der Waals surface area contributed by atoms with E-state index >= 15 is 0 Å². The Balaban J connectivity index is 1.89. The summed E-state index contributed by atoms with van der Waals surface area (Å²) < 4.78 is 6.20. The lowest BCUT2D eigenvalue weighted by molar-refractivity contribution is 0.0526. The molecule has 1 heterocycles. The van der Waals surface area contributed by atoms with Crippen molar-refractivity contribution in [3.63, 3.8) is 0 Å². The maximum Gasteiger partial charge on any atom is 0.338 e. The summed E-state index contributed by atoms with van der Waals surface area (Å²) in [7, 11) is 0. The number of aromatic amines is 1. The molecule has 6 heteroatoms. The summed E-state index contributed by atoms with van der Waals surface area (Å²) in [5, 5.41) is 11.5. The Bertz CT molecular complexity index is 1230. The summed E-state index contributed by atoms with van der Waals surface area (Å²) in [6.07, 6.45) is 0. The van der Waals surface area contributed by atoms with Gasteiger partial charge in [0.1, 0.15) is 0 Å². The number of H-pyrrole nitrogens is 1. The Morgan fingerprint density at radius 1 is 1.03 bits per heavy atom. The van der Waals surface area contributed by atoms with Crippen LogP contribution in [-0.2, 0) is 4.74 Å². The van der Waals surface area contributed by atoms with Gasteiger partial charge < -0.3 is 14.8 Å². The monoisotopic (exact) mass is 510 g/mol. The molecule has 5 nitrogen and oxygen atoms in total. The average Bonchev–Trinajstić information content (AvgIpc) is 3.09. The Kier molecular flexibility index (Phi) is 5.85. The molecule has 0 bridgehead atoms. The number of aliphatic imine (C=N–C) groups is 1. The highest BCUT2D eigenvalue weighted by molar-refractivity contribution is 14.1. The van der Waals surface area contributed by atoms with Crippen molar-refractivity contribution in [2.24, 2.45) is 4.99 Å². The molecule has 0 saturated heterocycles. The van der Waals surface area contributed by atoms with E-state index in [-0.39, 0.29) is 5.88 Å². The van der Waals surface area contributed by atoms with E-state index in [0.717, 1.165) is 20.2 Å². The van der Waals surface area contributed by atoms with Gasteiger partial charge in [-0.25, -0.2) is 9.79 Å². The first-order valence-corrected chi connectivity index (χ1v) is 10.6. The summed E-state index contributed by atoms with van der Waals surface area (Å²) in [4.78, 5) is 19.9. The lowest BCUT2D eigenvalue weighted by Crippen LogP contribution is -2.05. The number of aromatic hydroxyl groups is 1. The minimum atomic E-state index is -0.397. The van der Waals surface area contributed by atoms with Crippen LogP contribution in [0.2, 0.25) is 0 Å². The topological polar surface area (TPSA) is 74.7 Å². The van der Waals surface area contributed by atoms with Crippen molar-refractivity contribution in [2.45, 2.75) is 6.92 Å². The van der Waals surface area contributed by atoms with Crippen molar-refractivity contribution in [1.82, 2.24) is 4.98 Å². The number of carbonyl (C=O) groups is 1. The lowest BCUT2D eigenvalue weighted by Gasteiger charge is -2.08. The van der Waals surface area contributed by atoms with Gasteiger partial charge >= 0.3 is 5.97 Å². The van der Waals surface area contributed by atoms with E-state index in [2.05, 4.69) is 27.6 Å². The Morgan fingerprint density at radius 2 is 1.77 bits per heavy atom. The van der Waals surface area contributed by atoms with Gasteiger partial charge in [-0.15, -0.1) is 0 Å². The van der Waals surface area contributed by atoms with Crippen LogP contribution in [0.25, 0.3) is 10.9 Å². The second-order valence-electron chi connectivity index (χ2n) is 6.63. The molecule has 0 aliphatic carbocycles. The van der Waals surface area contributed by atoms with E-state index in [1.165, 1.54) is 0 Å². The molecule has 2 N–H and O–H groups in total. The molecule has 30 heavy (non-hydrogen) atoms. The average molecular weight is 510 g/mol. The number of carbonyl (C=O) groups excluding carboxylic acids is 1. The highest BCUT2D eigenvalue weighted by atomic mass is 127. The van der Waals surface area contributed by atoms with Crippen LogP contribution in [0, 0.1) is 3.57 Å². The number of hydrogen-bond donors (Lipinski definition) is 2. The molecule has 0 aliphatic rings. The van der Waals surface area contributed by atoms with Gasteiger partial charge in [0, 0.05) is 20.0 Å². The third-order valence-electron chi connectivity index (χ3n) is 4.64. The smallest absolute Gasteiger partial charge is 0.338 e. The first kappa shape index (κ1) is 20.2. The fourth-order valence-electron chi connectivity index (χ4n) is 3.27. The molecule has 1 aromatic heterocycles. The van der Waals surface area contributed by atoms with E-state index in [1.807, 2.05) is 54.6 Å². The van der Waals surface area contributed by atoms with Crippen LogP contribution in [0.4, 0.5) is 5.69 Å². The zero-order valence-electron chi connectivity index (χ0n) is 16.2. The number of hydrogen-bond acceptors (Lipinski definition) is 4. The SMILES string of the molecule is CCOC(=O)c1ccc2c(C(=Nc3ccc(I)cc3)c3ccccc3)c(O)[nH]c2c1. The molecule has 0 radical (unpaired) electrons. The Labute approximate surface area is 187 Å². The van der Waals surface area contributed by atoms with E-state index in [1.54, 1.807) is 25.1 Å². The van der Waals surface area contributed by atoms with Crippen LogP contribution in [0.3, 0.4) is 0 Å². The Morgan fingerprint density at radius 3 is 2.47 bits per heavy atom. The van der Waals surface area contributed by atoms with Gasteiger partial charge in [-0.3, -0.25) is 0 Å². The van der Waals surface area contributed by atoms with Crippen LogP contribution < -0.4 is 0 Å². The number of benzene rings is 3. The predicted molar refractivity (Wildman–Crippen MR) is 127 cm³/mol. The molecular formula is C24H19IN2O3. The van der Waals surface area contributed by atoms with E-state index in [4.69, 9.17) is 9.73 Å². The maximum atomic E-state index is 12.1. The molecule has 150 valence electrons. The highest BCUT2D eigenvalue weighted by Crippen LogP contribution is 2.32. The summed E-state index contributed by atoms with van der Waals surface area (Å²) in [6.45, 7) is 2.07. The van der Waals surface area contributed by atoms with Crippen LogP contribution >= 0.6 is 22.6 Å². The third-order valence-corrected chi connectivity index (χ3v) is 5.36. The molecule has 0 saturated carbocycles. The van der Waals surface area contributed by atoms with E-state index < -0.39 is 5.97 Å². The van der Waals surface area contributed by atoms with Crippen molar-refractivity contribution in [3.05, 3.63) is 93.1 Å². The molecule has 0 atom stereocenters. The van der Waals surface area contributed by atoms with Gasteiger partial charge in [-0.1, -0.05) is 36.4 Å². The fraction of sp³-hybridized carbons (Fsp3) is 0.0833. The van der Waals surface area contributed by atoms with Crippen LogP contribution in [0.1, 0.15) is 28.4 Å². The molecule has 4 rings (SSSR count). The second kappa shape index (κ2) is 8.71. The van der Waals surface area contributed by atoms with Crippen LogP contribution in [0.5, 0.6) is 5.88 Å². The minimum absolute atomic E-state index is 0.000811. The standard InChI is InChI=1S/C24H19IN2O3/c1-2-30-24(29)16-8-13-19-20(14-16)27-23(28)21(19)22(15-6-4-3-5-7-15)26-18-11-9-17(25)10-12-18/h3-14,27-28H,2H2,1H3. The number of ether oxygens (including phenoxy) is 1. The van der Waals surface area contributed by atoms with Crippen molar-refractivity contribution in [2.75, 3.05) is 6.61 Å². The van der Waals surface area contributed by atoms with Crippen molar-refractivity contribution in [3.8, 4) is 5.88 Å². The molecule has 0 amide bonds. The van der Waals surface area contributed by atoms with Gasteiger partial charge in [-0.2, -0.15) is 0 Å². The number of nitrogens with one attached hydrogen (secondary N) is 1. The maximum absolute atomic E-state index is 12.1. The molecule has 0 fully saturated rings. The largest absolute Gasteiger partial charge is 0.494 e. The zero-order chi connectivity index (χ0) is 21.1. The van der Waals surface area contributed by atoms with Gasteiger partial charge in [0.05, 0.1) is 29.1 Å². The van der Waals surface area contributed by atoms with Gasteiger partial charge in [0.25, 0.3) is 0 Å². The molecule has 0 aliphatic heterocycles. The zero-order valence-corrected chi connectivity index (χ0v) is 18.4. The van der Waals surface area contributed by atoms with Crippen molar-refractivity contribution in [1.29, 1.82) is 0 Å². The summed E-state index contributed by atoms with van der Waals surface area (Å²) in [5.41, 5.74) is 3.95. The molecule has 4 aromatic rings. The number of fused-ring (bicyclic) bond motifs is 1. The molecule has 3 aromatic carbocycles. The van der Waals surface area contributed by atoms with Gasteiger partial charge in [-0.05, 0) is 65.9 Å². The lowest BCUT2D eigenvalue weighted by atomic mass is 10.00. The summed E-state index contributed by atoms with van der Waals surface area (Å²) in [5.74, 6) is -0.398. The summed E-state index contributed by atoms with van der Waals surface area (Å²) in [6, 6.07) is 22.8. The number of halogens is 1. The number of aromatic nitrogens is 1. The first-order chi connectivity index (χ1) is 14.6. The molecule has 0 unspecified atom stereocenters. The second-order valence-corrected chi connectivity index (χ2v) is 7.88. The quantitative estimate of drug-likeness (QED) is 0.202. The third kappa shape index (κ3) is 4.09. The summed E-state index contributed by atoms with van der Waals surface area (Å²) >= 11 is 2.25. The normalized spacial score (nSPS) is 11.6. The van der Waals surface area contributed by atoms with Crippen molar-refractivity contribution < 1.29 is 14.6 Å². The van der Waals surface area contributed by atoms with E-state index in [9.17, 15) is 9.90 Å². The number of rotatable bonds is 5. The highest BCUT2D eigenvalue weighted by Gasteiger charge is 2.20. The van der Waals surface area contributed by atoms with Gasteiger partial charge in [0.15, 0.2) is 5.88 Å². The van der Waals surface area contributed by atoms with Crippen LogP contribution in [0.15, 0.2) is 77.8 Å². The minimum Gasteiger partial charge on any atom is -0.494 e. The predicted octanol–water partition coefficient (Wildman–Crippen LogP) is 5.82. The fourth-order valence-corrected chi connectivity index (χ4v) is 3.63. The Hall–Kier alpha value is -3.13. The van der Waals surface area contributed by atoms with Gasteiger partial charge in [0.2, 0.25) is 0 Å². The van der Waals surface area contributed by atoms with E-state index in [0.29, 0.717) is 29.0 Å². The number of nitrogens with zero attached hydrogens (tertiary/aromatic N) is 1. The molecular weight excluding hydrogens is 491 g/mol. The molecule has 0 spiro atoms. The first-order valence-electron chi connectivity index (χ1n) is 9.48. The van der Waals surface area contributed by atoms with Crippen molar-refractivity contribution >= 4 is 50.9 Å². The number of esters is 1.